The van der Waals surface area contributed by atoms with Crippen LogP contribution in [-0.4, -0.2) is 17.0 Å². The lowest BCUT2D eigenvalue weighted by Crippen LogP contribution is -2.11. The van der Waals surface area contributed by atoms with Crippen LogP contribution in [0.25, 0.3) is 10.9 Å². The van der Waals surface area contributed by atoms with Crippen molar-refractivity contribution in [2.24, 2.45) is 0 Å². The van der Waals surface area contributed by atoms with Crippen LogP contribution in [0.2, 0.25) is 0 Å². The fraction of sp³-hybridized carbons (Fsp3) is 0.375. The van der Waals surface area contributed by atoms with Gasteiger partial charge < -0.3 is 9.30 Å². The molecular formula is C24H27NO2. The number of carbonyl (C=O) groups excluding carboxylic acids is 1. The van der Waals surface area contributed by atoms with E-state index in [-0.39, 0.29) is 5.92 Å². The van der Waals surface area contributed by atoms with Gasteiger partial charge in [0.25, 0.3) is 0 Å². The van der Waals surface area contributed by atoms with Crippen molar-refractivity contribution in [3.63, 3.8) is 0 Å². The van der Waals surface area contributed by atoms with E-state index in [2.05, 4.69) is 54.8 Å². The number of hydrogen-bond acceptors (Lipinski definition) is 2. The number of nitrogens with zero attached hydrogens (tertiary/aromatic N) is 1. The van der Waals surface area contributed by atoms with Crippen molar-refractivity contribution in [3.05, 3.63) is 65.4 Å². The fourth-order valence-electron chi connectivity index (χ4n) is 4.33. The Balaban J connectivity index is 1.82. The number of ether oxygens (including phenoxy) is 1. The molecule has 1 saturated carbocycles. The molecule has 4 rings (SSSR count). The first-order chi connectivity index (χ1) is 13.2. The topological polar surface area (TPSA) is 31.2 Å². The van der Waals surface area contributed by atoms with Crippen LogP contribution < -0.4 is 4.74 Å². The second-order valence-corrected chi connectivity index (χ2v) is 7.85. The Morgan fingerprint density at radius 3 is 2.52 bits per heavy atom. The Morgan fingerprint density at radius 2 is 1.85 bits per heavy atom. The zero-order valence-electron chi connectivity index (χ0n) is 16.2. The van der Waals surface area contributed by atoms with E-state index >= 15 is 0 Å². The van der Waals surface area contributed by atoms with Crippen LogP contribution in [0.5, 0.6) is 5.75 Å². The molecule has 1 heterocycles. The predicted octanol–water partition coefficient (Wildman–Crippen LogP) is 5.95. The number of hydrogen-bond donors (Lipinski definition) is 0. The van der Waals surface area contributed by atoms with Crippen molar-refractivity contribution in [2.75, 3.05) is 0 Å². The van der Waals surface area contributed by atoms with Crippen LogP contribution in [0.15, 0.2) is 48.5 Å². The molecule has 0 amide bonds. The monoisotopic (exact) mass is 361 g/mol. The Bertz CT molecular complexity index is 934. The van der Waals surface area contributed by atoms with Gasteiger partial charge in [0.05, 0.1) is 11.6 Å². The standard InChI is InChI=1S/C24H27NO2/c1-17(2)24-22(16-26)21-13-12-20(27-19-10-6-7-11-19)14-23(21)25(24)15-18-8-4-3-5-9-18/h3-5,8-9,12-14,16-17,19H,6-7,10-11,15H2,1-2H3. The zero-order chi connectivity index (χ0) is 18.8. The Labute approximate surface area is 161 Å². The van der Waals surface area contributed by atoms with Gasteiger partial charge in [0.15, 0.2) is 6.29 Å². The molecule has 1 aliphatic rings. The molecule has 0 saturated heterocycles. The number of fused-ring (bicyclic) bond motifs is 1. The maximum Gasteiger partial charge on any atom is 0.152 e. The number of carbonyl (C=O) groups is 1. The summed E-state index contributed by atoms with van der Waals surface area (Å²) in [7, 11) is 0. The summed E-state index contributed by atoms with van der Waals surface area (Å²) in [6, 6.07) is 16.6. The minimum absolute atomic E-state index is 0.264. The average Bonchev–Trinajstić information content (AvgIpc) is 3.28. The summed E-state index contributed by atoms with van der Waals surface area (Å²) in [5, 5.41) is 1.02. The van der Waals surface area contributed by atoms with Gasteiger partial charge in [-0.2, -0.15) is 0 Å². The Kier molecular flexibility index (Phi) is 5.02. The average molecular weight is 361 g/mol. The van der Waals surface area contributed by atoms with Crippen molar-refractivity contribution >= 4 is 17.2 Å². The fourth-order valence-corrected chi connectivity index (χ4v) is 4.33. The van der Waals surface area contributed by atoms with Gasteiger partial charge in [-0.3, -0.25) is 4.79 Å². The summed E-state index contributed by atoms with van der Waals surface area (Å²) in [5.74, 6) is 1.18. The molecule has 0 unspecified atom stereocenters. The van der Waals surface area contributed by atoms with Crippen molar-refractivity contribution < 1.29 is 9.53 Å². The van der Waals surface area contributed by atoms with E-state index < -0.39 is 0 Å². The Morgan fingerprint density at radius 1 is 1.11 bits per heavy atom. The Hall–Kier alpha value is -2.55. The first kappa shape index (κ1) is 17.8. The molecular weight excluding hydrogens is 334 g/mol. The summed E-state index contributed by atoms with van der Waals surface area (Å²) >= 11 is 0. The second kappa shape index (κ2) is 7.59. The molecule has 0 bridgehead atoms. The first-order valence-corrected chi connectivity index (χ1v) is 9.99. The lowest BCUT2D eigenvalue weighted by atomic mass is 10.0. The van der Waals surface area contributed by atoms with E-state index in [1.165, 1.54) is 18.4 Å². The molecule has 1 aliphatic carbocycles. The molecule has 1 fully saturated rings. The minimum atomic E-state index is 0.264. The van der Waals surface area contributed by atoms with Gasteiger partial charge in [0.1, 0.15) is 5.75 Å². The molecule has 0 N–H and O–H groups in total. The van der Waals surface area contributed by atoms with Crippen LogP contribution >= 0.6 is 0 Å². The van der Waals surface area contributed by atoms with E-state index in [1.807, 2.05) is 12.1 Å². The van der Waals surface area contributed by atoms with Gasteiger partial charge in [0.2, 0.25) is 0 Å². The first-order valence-electron chi connectivity index (χ1n) is 9.99. The van der Waals surface area contributed by atoms with Crippen LogP contribution in [0.1, 0.15) is 67.1 Å². The predicted molar refractivity (Wildman–Crippen MR) is 110 cm³/mol. The zero-order valence-corrected chi connectivity index (χ0v) is 16.2. The SMILES string of the molecule is CC(C)c1c(C=O)c2ccc(OC3CCCC3)cc2n1Cc1ccccc1. The molecule has 140 valence electrons. The highest BCUT2D eigenvalue weighted by molar-refractivity contribution is 6.00. The van der Waals surface area contributed by atoms with Crippen LogP contribution in [0.4, 0.5) is 0 Å². The van der Waals surface area contributed by atoms with Crippen molar-refractivity contribution in [1.82, 2.24) is 4.57 Å². The smallest absolute Gasteiger partial charge is 0.152 e. The normalized spacial score (nSPS) is 14.9. The number of rotatable bonds is 6. The summed E-state index contributed by atoms with van der Waals surface area (Å²) < 4.78 is 8.52. The molecule has 2 aromatic carbocycles. The van der Waals surface area contributed by atoms with Gasteiger partial charge in [-0.1, -0.05) is 44.2 Å². The molecule has 27 heavy (non-hydrogen) atoms. The van der Waals surface area contributed by atoms with E-state index in [0.29, 0.717) is 6.10 Å². The van der Waals surface area contributed by atoms with Crippen molar-refractivity contribution in [1.29, 1.82) is 0 Å². The molecule has 0 spiro atoms. The molecule has 0 atom stereocenters. The van der Waals surface area contributed by atoms with Crippen LogP contribution in [-0.2, 0) is 6.54 Å². The second-order valence-electron chi connectivity index (χ2n) is 7.85. The summed E-state index contributed by atoms with van der Waals surface area (Å²) in [6.45, 7) is 5.06. The molecule has 1 aromatic heterocycles. The summed E-state index contributed by atoms with van der Waals surface area (Å²) in [6.07, 6.45) is 6.13. The van der Waals surface area contributed by atoms with Crippen LogP contribution in [0.3, 0.4) is 0 Å². The molecule has 3 aromatic rings. The maximum atomic E-state index is 11.9. The van der Waals surface area contributed by atoms with E-state index in [0.717, 1.165) is 53.6 Å². The largest absolute Gasteiger partial charge is 0.490 e. The molecule has 0 aliphatic heterocycles. The van der Waals surface area contributed by atoms with Crippen LogP contribution in [0, 0.1) is 0 Å². The third-order valence-electron chi connectivity index (χ3n) is 5.57. The third-order valence-corrected chi connectivity index (χ3v) is 5.57. The maximum absolute atomic E-state index is 11.9. The van der Waals surface area contributed by atoms with Gasteiger partial charge in [-0.05, 0) is 49.3 Å². The highest BCUT2D eigenvalue weighted by Gasteiger charge is 2.21. The van der Waals surface area contributed by atoms with E-state index in [1.54, 1.807) is 0 Å². The van der Waals surface area contributed by atoms with Gasteiger partial charge in [-0.25, -0.2) is 0 Å². The lowest BCUT2D eigenvalue weighted by Gasteiger charge is -2.16. The number of aldehydes is 1. The highest BCUT2D eigenvalue weighted by atomic mass is 16.5. The lowest BCUT2D eigenvalue weighted by molar-refractivity contribution is 0.112. The van der Waals surface area contributed by atoms with Gasteiger partial charge in [0, 0.05) is 29.3 Å². The molecule has 3 heteroatoms. The van der Waals surface area contributed by atoms with E-state index in [4.69, 9.17) is 4.74 Å². The van der Waals surface area contributed by atoms with Gasteiger partial charge in [-0.15, -0.1) is 0 Å². The van der Waals surface area contributed by atoms with E-state index in [9.17, 15) is 4.79 Å². The highest BCUT2D eigenvalue weighted by Crippen LogP contribution is 2.34. The number of aromatic nitrogens is 1. The molecule has 3 nitrogen and oxygen atoms in total. The quantitative estimate of drug-likeness (QED) is 0.508. The summed E-state index contributed by atoms with van der Waals surface area (Å²) in [5.41, 5.74) is 4.22. The number of benzene rings is 2. The third kappa shape index (κ3) is 3.51. The van der Waals surface area contributed by atoms with Crippen molar-refractivity contribution in [2.45, 2.75) is 58.1 Å². The van der Waals surface area contributed by atoms with Crippen molar-refractivity contribution in [3.8, 4) is 5.75 Å². The molecule has 0 radical (unpaired) electrons. The summed E-state index contributed by atoms with van der Waals surface area (Å²) in [4.78, 5) is 11.9. The van der Waals surface area contributed by atoms with Gasteiger partial charge >= 0.3 is 0 Å². The minimum Gasteiger partial charge on any atom is -0.490 e.